The highest BCUT2D eigenvalue weighted by Gasteiger charge is 2.36. The van der Waals surface area contributed by atoms with Gasteiger partial charge in [-0.1, -0.05) is 31.9 Å². The summed E-state index contributed by atoms with van der Waals surface area (Å²) in [4.78, 5) is 28.9. The molecule has 0 bridgehead atoms. The Morgan fingerprint density at radius 2 is 1.65 bits per heavy atom. The average molecular weight is 233 g/mol. The molecule has 0 atom stereocenters. The van der Waals surface area contributed by atoms with Crippen LogP contribution in [0.15, 0.2) is 24.3 Å². The highest BCUT2D eigenvalue weighted by Crippen LogP contribution is 2.22. The lowest BCUT2D eigenvalue weighted by Gasteiger charge is -2.12. The Morgan fingerprint density at radius 3 is 2.18 bits per heavy atom. The van der Waals surface area contributed by atoms with Crippen molar-refractivity contribution >= 4 is 11.8 Å². The molecule has 4 nitrogen and oxygen atoms in total. The van der Waals surface area contributed by atoms with Crippen LogP contribution < -0.4 is 0 Å². The minimum Gasteiger partial charge on any atom is -0.266 e. The molecule has 1 aliphatic rings. The number of nitrogens with zero attached hydrogens (tertiary/aromatic N) is 1. The standard InChI is InChI=1S/C13H15NO3/c1-2-3-6-9-17-14-12(15)10-7-4-5-8-11(10)13(14)16/h4-5,7-8H,2-3,6,9H2,1H3. The number of hydrogen-bond donors (Lipinski definition) is 0. The molecule has 1 aromatic carbocycles. The average Bonchev–Trinajstić information content (AvgIpc) is 2.60. The summed E-state index contributed by atoms with van der Waals surface area (Å²) in [6.07, 6.45) is 2.96. The van der Waals surface area contributed by atoms with Crippen molar-refractivity contribution in [3.05, 3.63) is 35.4 Å². The third-order valence-corrected chi connectivity index (χ3v) is 2.73. The number of carbonyl (C=O) groups is 2. The molecule has 1 heterocycles. The van der Waals surface area contributed by atoms with Gasteiger partial charge in [0.2, 0.25) is 0 Å². The second-order valence-corrected chi connectivity index (χ2v) is 3.99. The Bertz CT molecular complexity index is 407. The summed E-state index contributed by atoms with van der Waals surface area (Å²) >= 11 is 0. The Balaban J connectivity index is 2.03. The quantitative estimate of drug-likeness (QED) is 0.579. The second kappa shape index (κ2) is 5.10. The van der Waals surface area contributed by atoms with Crippen molar-refractivity contribution in [2.24, 2.45) is 0 Å². The molecular formula is C13H15NO3. The van der Waals surface area contributed by atoms with Crippen molar-refractivity contribution in [2.75, 3.05) is 6.61 Å². The molecule has 1 aliphatic heterocycles. The molecule has 0 aliphatic carbocycles. The number of hydroxylamine groups is 2. The molecule has 1 aromatic rings. The maximum absolute atomic E-state index is 11.9. The second-order valence-electron chi connectivity index (χ2n) is 3.99. The molecule has 0 radical (unpaired) electrons. The Labute approximate surface area is 100 Å². The van der Waals surface area contributed by atoms with Crippen LogP contribution in [0.5, 0.6) is 0 Å². The first-order chi connectivity index (χ1) is 8.25. The van der Waals surface area contributed by atoms with E-state index in [0.717, 1.165) is 24.3 Å². The molecule has 2 rings (SSSR count). The lowest BCUT2D eigenvalue weighted by atomic mass is 10.1. The van der Waals surface area contributed by atoms with Gasteiger partial charge in [0.05, 0.1) is 17.7 Å². The molecule has 17 heavy (non-hydrogen) atoms. The Kier molecular flexibility index (Phi) is 3.54. The zero-order valence-electron chi connectivity index (χ0n) is 9.81. The zero-order chi connectivity index (χ0) is 12.3. The molecular weight excluding hydrogens is 218 g/mol. The predicted octanol–water partition coefficient (Wildman–Crippen LogP) is 2.40. The number of imide groups is 1. The number of rotatable bonds is 5. The van der Waals surface area contributed by atoms with Crippen LogP contribution in [-0.4, -0.2) is 23.5 Å². The number of benzene rings is 1. The summed E-state index contributed by atoms with van der Waals surface area (Å²) in [7, 11) is 0. The lowest BCUT2D eigenvalue weighted by Crippen LogP contribution is -2.30. The van der Waals surface area contributed by atoms with Crippen LogP contribution in [0.1, 0.15) is 46.9 Å². The van der Waals surface area contributed by atoms with E-state index in [-0.39, 0.29) is 11.8 Å². The highest BCUT2D eigenvalue weighted by molar-refractivity contribution is 6.20. The van der Waals surface area contributed by atoms with Gasteiger partial charge in [0.25, 0.3) is 11.8 Å². The molecule has 0 saturated carbocycles. The van der Waals surface area contributed by atoms with E-state index in [2.05, 4.69) is 6.92 Å². The highest BCUT2D eigenvalue weighted by atomic mass is 16.7. The van der Waals surface area contributed by atoms with Gasteiger partial charge in [-0.05, 0) is 18.6 Å². The number of carbonyl (C=O) groups excluding carboxylic acids is 2. The van der Waals surface area contributed by atoms with Crippen molar-refractivity contribution in [1.29, 1.82) is 0 Å². The largest absolute Gasteiger partial charge is 0.285 e. The molecule has 0 unspecified atom stereocenters. The fourth-order valence-electron chi connectivity index (χ4n) is 1.79. The van der Waals surface area contributed by atoms with Gasteiger partial charge in [-0.3, -0.25) is 14.4 Å². The van der Waals surface area contributed by atoms with Gasteiger partial charge in [-0.2, -0.15) is 0 Å². The molecule has 0 N–H and O–H groups in total. The van der Waals surface area contributed by atoms with Crippen LogP contribution >= 0.6 is 0 Å². The zero-order valence-corrected chi connectivity index (χ0v) is 9.81. The van der Waals surface area contributed by atoms with Gasteiger partial charge in [0.1, 0.15) is 0 Å². The van der Waals surface area contributed by atoms with Gasteiger partial charge in [0, 0.05) is 0 Å². The van der Waals surface area contributed by atoms with E-state index in [4.69, 9.17) is 4.84 Å². The maximum Gasteiger partial charge on any atom is 0.285 e. The van der Waals surface area contributed by atoms with Gasteiger partial charge in [-0.25, -0.2) is 0 Å². The van der Waals surface area contributed by atoms with E-state index in [1.807, 2.05) is 0 Å². The monoisotopic (exact) mass is 233 g/mol. The van der Waals surface area contributed by atoms with Crippen LogP contribution in [-0.2, 0) is 4.84 Å². The van der Waals surface area contributed by atoms with Crippen LogP contribution in [0.25, 0.3) is 0 Å². The van der Waals surface area contributed by atoms with Crippen molar-refractivity contribution < 1.29 is 14.4 Å². The van der Waals surface area contributed by atoms with E-state index >= 15 is 0 Å². The van der Waals surface area contributed by atoms with Crippen LogP contribution in [0.3, 0.4) is 0 Å². The molecule has 0 spiro atoms. The minimum atomic E-state index is -0.359. The van der Waals surface area contributed by atoms with Crippen LogP contribution in [0.2, 0.25) is 0 Å². The third-order valence-electron chi connectivity index (χ3n) is 2.73. The Hall–Kier alpha value is -1.68. The van der Waals surface area contributed by atoms with E-state index in [9.17, 15) is 9.59 Å². The van der Waals surface area contributed by atoms with Gasteiger partial charge < -0.3 is 0 Å². The van der Waals surface area contributed by atoms with Crippen molar-refractivity contribution in [3.8, 4) is 0 Å². The Morgan fingerprint density at radius 1 is 1.06 bits per heavy atom. The van der Waals surface area contributed by atoms with Crippen LogP contribution in [0, 0.1) is 0 Å². The van der Waals surface area contributed by atoms with E-state index in [1.54, 1.807) is 24.3 Å². The molecule has 90 valence electrons. The predicted molar refractivity (Wildman–Crippen MR) is 62.4 cm³/mol. The minimum absolute atomic E-state index is 0.359. The van der Waals surface area contributed by atoms with Gasteiger partial charge in [-0.15, -0.1) is 5.06 Å². The van der Waals surface area contributed by atoms with Crippen molar-refractivity contribution in [1.82, 2.24) is 5.06 Å². The lowest BCUT2D eigenvalue weighted by molar-refractivity contribution is -0.0922. The van der Waals surface area contributed by atoms with E-state index in [1.165, 1.54) is 0 Å². The summed E-state index contributed by atoms with van der Waals surface area (Å²) in [5, 5.41) is 0.875. The molecule has 0 saturated heterocycles. The summed E-state index contributed by atoms with van der Waals surface area (Å²) in [6.45, 7) is 2.49. The van der Waals surface area contributed by atoms with Crippen molar-refractivity contribution in [3.63, 3.8) is 0 Å². The number of amides is 2. The number of hydrogen-bond acceptors (Lipinski definition) is 3. The molecule has 0 fully saturated rings. The first-order valence-corrected chi connectivity index (χ1v) is 5.86. The summed E-state index contributed by atoms with van der Waals surface area (Å²) in [6, 6.07) is 6.77. The SMILES string of the molecule is CCCCCON1C(=O)c2ccccc2C1=O. The third kappa shape index (κ3) is 2.22. The van der Waals surface area contributed by atoms with Gasteiger partial charge >= 0.3 is 0 Å². The van der Waals surface area contributed by atoms with E-state index < -0.39 is 0 Å². The van der Waals surface area contributed by atoms with E-state index in [0.29, 0.717) is 17.7 Å². The number of unbranched alkanes of at least 4 members (excludes halogenated alkanes) is 2. The van der Waals surface area contributed by atoms with Crippen molar-refractivity contribution in [2.45, 2.75) is 26.2 Å². The topological polar surface area (TPSA) is 46.6 Å². The summed E-state index contributed by atoms with van der Waals surface area (Å²) in [5.41, 5.74) is 0.848. The van der Waals surface area contributed by atoms with Crippen LogP contribution in [0.4, 0.5) is 0 Å². The summed E-state index contributed by atoms with van der Waals surface area (Å²) < 4.78 is 0. The smallest absolute Gasteiger partial charge is 0.266 e. The first-order valence-electron chi connectivity index (χ1n) is 5.86. The fourth-order valence-corrected chi connectivity index (χ4v) is 1.79. The molecule has 2 amide bonds. The van der Waals surface area contributed by atoms with Gasteiger partial charge in [0.15, 0.2) is 0 Å². The normalized spacial score (nSPS) is 14.3. The molecule has 4 heteroatoms. The number of fused-ring (bicyclic) bond motifs is 1. The first kappa shape index (κ1) is 11.8. The summed E-state index contributed by atoms with van der Waals surface area (Å²) in [5.74, 6) is -0.718. The fraction of sp³-hybridized carbons (Fsp3) is 0.385. The molecule has 0 aromatic heterocycles. The maximum atomic E-state index is 11.9.